The zero-order chi connectivity index (χ0) is 69.8. The summed E-state index contributed by atoms with van der Waals surface area (Å²) < 4.78 is 29.7. The van der Waals surface area contributed by atoms with E-state index in [0.29, 0.717) is 46.7 Å². The number of para-hydroxylation sites is 8. The van der Waals surface area contributed by atoms with Crippen LogP contribution in [0.1, 0.15) is 0 Å². The Hall–Kier alpha value is -13.9. The first-order chi connectivity index (χ1) is 52.5. The maximum atomic E-state index is 6.41. The van der Waals surface area contributed by atoms with Gasteiger partial charge in [-0.3, -0.25) is 0 Å². The van der Waals surface area contributed by atoms with Crippen molar-refractivity contribution in [2.75, 3.05) is 0 Å². The third-order valence-electron chi connectivity index (χ3n) is 19.6. The van der Waals surface area contributed by atoms with Crippen LogP contribution in [0.15, 0.2) is 333 Å². The van der Waals surface area contributed by atoms with Crippen LogP contribution in [0, 0.1) is 0 Å². The monoisotopic (exact) mass is 1400 g/mol. The number of aromatic nitrogens is 8. The second-order valence-corrected chi connectivity index (χ2v) is 28.1. The molecule has 0 N–H and O–H groups in total. The molecule has 22 rings (SSSR count). The fraction of sp³-hybridized carbons (Fsp3) is 0. The van der Waals surface area contributed by atoms with Gasteiger partial charge in [0.15, 0.2) is 46.1 Å². The largest absolute Gasteiger partial charge is 0.455 e. The number of nitrogens with zero attached hydrogens (tertiary/aromatic N) is 8. The van der Waals surface area contributed by atoms with Crippen molar-refractivity contribution in [3.8, 4) is 113 Å². The van der Waals surface area contributed by atoms with Crippen molar-refractivity contribution in [2.45, 2.75) is 0 Å². The lowest BCUT2D eigenvalue weighted by atomic mass is 10.00. The summed E-state index contributed by atoms with van der Waals surface area (Å²) in [5.74, 6) is 4.86. The number of benzene rings is 14. The number of rotatable bonds is 10. The molecule has 8 aromatic heterocycles. The minimum atomic E-state index is 0.594. The van der Waals surface area contributed by atoms with Crippen LogP contribution >= 0.6 is 22.7 Å². The van der Waals surface area contributed by atoms with Gasteiger partial charge in [-0.1, -0.05) is 249 Å². The molecule has 14 heteroatoms. The van der Waals surface area contributed by atoms with E-state index < -0.39 is 0 Å². The van der Waals surface area contributed by atoms with E-state index in [1.165, 1.54) is 0 Å². The predicted octanol–water partition coefficient (Wildman–Crippen LogP) is 25.2. The molecule has 0 aliphatic rings. The van der Waals surface area contributed by atoms with Crippen molar-refractivity contribution in [1.29, 1.82) is 0 Å². The molecule has 0 aliphatic heterocycles. The number of hydrogen-bond donors (Lipinski definition) is 0. The Morgan fingerprint density at radius 2 is 0.547 bits per heavy atom. The van der Waals surface area contributed by atoms with Crippen molar-refractivity contribution >= 4 is 129 Å². The summed E-state index contributed by atoms with van der Waals surface area (Å²) in [6.07, 6.45) is 0. The second kappa shape index (κ2) is 25.0. The zero-order valence-corrected chi connectivity index (χ0v) is 57.7. The van der Waals surface area contributed by atoms with E-state index in [1.54, 1.807) is 22.7 Å². The van der Waals surface area contributed by atoms with Crippen LogP contribution in [0.2, 0.25) is 0 Å². The van der Waals surface area contributed by atoms with Gasteiger partial charge in [0, 0.05) is 106 Å². The molecule has 0 saturated carbocycles. The van der Waals surface area contributed by atoms with Gasteiger partial charge in [0.05, 0.1) is 11.1 Å². The van der Waals surface area contributed by atoms with Gasteiger partial charge in [-0.15, -0.1) is 22.7 Å². The molecular weight excluding hydrogens is 1350 g/mol. The van der Waals surface area contributed by atoms with Gasteiger partial charge in [0.25, 0.3) is 0 Å². The van der Waals surface area contributed by atoms with Gasteiger partial charge in [-0.05, 0) is 77.9 Å². The maximum absolute atomic E-state index is 6.41. The molecule has 106 heavy (non-hydrogen) atoms. The van der Waals surface area contributed by atoms with Crippen LogP contribution < -0.4 is 0 Å². The number of hydrogen-bond acceptors (Lipinski definition) is 14. The SMILES string of the molecule is c1ccc(-c2nc(-c3ccc(-c4cccc5c4oc4ccccc45)cc3)nc(-c3cccc4sc5c(-c6nc7ccccc7o6)cccc5c34)n2)cc1.c1ccc(-c2nc(-c3cccc(-c4cccc5c4oc4ccccc45)c3)nc(-c3cccc4sc5c(-c6nc7ccccc7o6)cccc5c34)n2)cc1. The highest BCUT2D eigenvalue weighted by Crippen LogP contribution is 2.47. The molecule has 14 aromatic carbocycles. The lowest BCUT2D eigenvalue weighted by Gasteiger charge is -2.11. The molecule has 0 spiro atoms. The molecule has 0 saturated heterocycles. The quantitative estimate of drug-likeness (QED) is 0.128. The van der Waals surface area contributed by atoms with E-state index in [9.17, 15) is 0 Å². The Morgan fingerprint density at radius 1 is 0.208 bits per heavy atom. The molecule has 0 unspecified atom stereocenters. The Morgan fingerprint density at radius 3 is 1.04 bits per heavy atom. The average Bonchev–Trinajstić information content (AvgIpc) is 1.53. The Bertz CT molecular complexity index is 7170. The van der Waals surface area contributed by atoms with Gasteiger partial charge >= 0.3 is 0 Å². The van der Waals surface area contributed by atoms with Crippen molar-refractivity contribution in [1.82, 2.24) is 39.9 Å². The Kier molecular flexibility index (Phi) is 14.3. The number of furan rings is 2. The molecule has 0 radical (unpaired) electrons. The highest BCUT2D eigenvalue weighted by atomic mass is 32.1. The number of oxazole rings is 2. The number of fused-ring (bicyclic) bond motifs is 14. The van der Waals surface area contributed by atoms with Gasteiger partial charge in [-0.25, -0.2) is 39.9 Å². The molecule has 22 aromatic rings. The van der Waals surface area contributed by atoms with Crippen molar-refractivity contribution < 1.29 is 17.7 Å². The zero-order valence-electron chi connectivity index (χ0n) is 56.0. The standard InChI is InChI=1S/2C46H26N4O2S/c1-2-12-27(13-3-1)43-48-44(29-15-8-14-28(26-29)30-17-9-18-32-31-16-4-6-23-37(31)51-41(30)32)50-45(49-43)34-20-11-25-39-40(34)33-19-10-21-35(42(33)53-39)46-47-36-22-5-7-24-38(36)52-46;1-2-11-28(12-3-1)43-48-44(29-25-23-27(24-26-29)30-14-8-15-32-31-13-4-6-20-37(31)51-41(30)32)50-45(49-43)34-17-10-22-39-40(34)33-16-9-18-35(42(33)53-39)46-47-36-19-5-7-21-38(36)52-46/h2*1-26H. The maximum Gasteiger partial charge on any atom is 0.228 e. The van der Waals surface area contributed by atoms with Crippen LogP contribution in [0.3, 0.4) is 0 Å². The highest BCUT2D eigenvalue weighted by Gasteiger charge is 2.24. The lowest BCUT2D eigenvalue weighted by Crippen LogP contribution is -2.00. The first-order valence-electron chi connectivity index (χ1n) is 34.8. The molecule has 0 amide bonds. The topological polar surface area (TPSA) is 156 Å². The average molecular weight is 1400 g/mol. The summed E-state index contributed by atoms with van der Waals surface area (Å²) in [7, 11) is 0. The summed E-state index contributed by atoms with van der Waals surface area (Å²) in [4.78, 5) is 40.4. The summed E-state index contributed by atoms with van der Waals surface area (Å²) in [5, 5.41) is 8.80. The lowest BCUT2D eigenvalue weighted by molar-refractivity contribution is 0.620. The molecule has 496 valence electrons. The summed E-state index contributed by atoms with van der Waals surface area (Å²) in [5.41, 5.74) is 18.3. The van der Waals surface area contributed by atoms with Crippen molar-refractivity contribution in [3.63, 3.8) is 0 Å². The fourth-order valence-electron chi connectivity index (χ4n) is 14.6. The molecule has 0 atom stereocenters. The van der Waals surface area contributed by atoms with Crippen LogP contribution in [0.5, 0.6) is 0 Å². The summed E-state index contributed by atoms with van der Waals surface area (Å²) in [6.45, 7) is 0. The fourth-order valence-corrected chi connectivity index (χ4v) is 17.1. The van der Waals surface area contributed by atoms with E-state index in [4.69, 9.17) is 57.5 Å². The first-order valence-corrected chi connectivity index (χ1v) is 36.4. The van der Waals surface area contributed by atoms with Crippen molar-refractivity contribution in [3.05, 3.63) is 315 Å². The molecule has 0 bridgehead atoms. The van der Waals surface area contributed by atoms with E-state index in [0.717, 1.165) is 173 Å². The number of thiophene rings is 2. The highest BCUT2D eigenvalue weighted by molar-refractivity contribution is 7.27. The van der Waals surface area contributed by atoms with E-state index >= 15 is 0 Å². The van der Waals surface area contributed by atoms with Crippen LogP contribution in [0.4, 0.5) is 0 Å². The third-order valence-corrected chi connectivity index (χ3v) is 22.0. The van der Waals surface area contributed by atoms with Gasteiger partial charge in [-0.2, -0.15) is 0 Å². The summed E-state index contributed by atoms with van der Waals surface area (Å²) in [6, 6.07) is 107. The minimum absolute atomic E-state index is 0.594. The third kappa shape index (κ3) is 10.4. The smallest absolute Gasteiger partial charge is 0.228 e. The minimum Gasteiger partial charge on any atom is -0.455 e. The normalized spacial score (nSPS) is 11.8. The van der Waals surface area contributed by atoms with Gasteiger partial charge in [0.1, 0.15) is 33.4 Å². The van der Waals surface area contributed by atoms with E-state index in [2.05, 4.69) is 170 Å². The first kappa shape index (κ1) is 60.8. The van der Waals surface area contributed by atoms with Crippen LogP contribution in [-0.2, 0) is 0 Å². The molecule has 0 aliphatic carbocycles. The summed E-state index contributed by atoms with van der Waals surface area (Å²) >= 11 is 3.45. The molecule has 0 fully saturated rings. The van der Waals surface area contributed by atoms with Crippen LogP contribution in [0.25, 0.3) is 220 Å². The molecule has 12 nitrogen and oxygen atoms in total. The molecular formula is C92H52N8O4S2. The van der Waals surface area contributed by atoms with E-state index in [1.807, 2.05) is 146 Å². The van der Waals surface area contributed by atoms with Crippen LogP contribution in [-0.4, -0.2) is 39.9 Å². The Balaban J connectivity index is 0.000000136. The second-order valence-electron chi connectivity index (χ2n) is 26.0. The van der Waals surface area contributed by atoms with Gasteiger partial charge < -0.3 is 17.7 Å². The Labute approximate surface area is 611 Å². The van der Waals surface area contributed by atoms with Crippen molar-refractivity contribution in [2.24, 2.45) is 0 Å². The van der Waals surface area contributed by atoms with E-state index in [-0.39, 0.29) is 0 Å². The van der Waals surface area contributed by atoms with Gasteiger partial charge in [0.2, 0.25) is 11.8 Å². The molecule has 8 heterocycles. The predicted molar refractivity (Wildman–Crippen MR) is 429 cm³/mol.